The van der Waals surface area contributed by atoms with Crippen LogP contribution in [0, 0.1) is 0 Å². The van der Waals surface area contributed by atoms with E-state index >= 15 is 0 Å². The van der Waals surface area contributed by atoms with Gasteiger partial charge in [0.25, 0.3) is 0 Å². The van der Waals surface area contributed by atoms with E-state index in [0.29, 0.717) is 5.15 Å². The molecule has 0 saturated carbocycles. The topological polar surface area (TPSA) is 32.3 Å². The number of halogens is 1. The average Bonchev–Trinajstić information content (AvgIpc) is 2.25. The Morgan fingerprint density at radius 1 is 1.20 bits per heavy atom. The number of piperazine rings is 1. The minimum atomic E-state index is 0.456. The Morgan fingerprint density at radius 3 is 2.53 bits per heavy atom. The van der Waals surface area contributed by atoms with Gasteiger partial charge in [-0.1, -0.05) is 11.6 Å². The first-order valence-electron chi connectivity index (χ1n) is 5.11. The molecule has 4 nitrogen and oxygen atoms in total. The number of rotatable bonds is 2. The van der Waals surface area contributed by atoms with Crippen molar-refractivity contribution in [2.75, 3.05) is 33.2 Å². The fourth-order valence-electron chi connectivity index (χ4n) is 1.66. The van der Waals surface area contributed by atoms with Gasteiger partial charge in [0.1, 0.15) is 5.15 Å². The number of hydrogen-bond donors (Lipinski definition) is 0. The SMILES string of the molecule is CN1CCN(Cc2cnc(Cl)cn2)CC1. The van der Waals surface area contributed by atoms with Gasteiger partial charge >= 0.3 is 0 Å². The molecule has 0 aromatic carbocycles. The zero-order valence-corrected chi connectivity index (χ0v) is 9.61. The fraction of sp³-hybridized carbons (Fsp3) is 0.600. The van der Waals surface area contributed by atoms with Crippen LogP contribution in [0.1, 0.15) is 5.69 Å². The van der Waals surface area contributed by atoms with E-state index < -0.39 is 0 Å². The average molecular weight is 227 g/mol. The molecule has 0 bridgehead atoms. The van der Waals surface area contributed by atoms with Crippen molar-refractivity contribution >= 4 is 11.6 Å². The van der Waals surface area contributed by atoms with E-state index in [4.69, 9.17) is 11.6 Å². The lowest BCUT2D eigenvalue weighted by atomic mass is 10.3. The van der Waals surface area contributed by atoms with E-state index in [1.165, 1.54) is 0 Å². The zero-order chi connectivity index (χ0) is 10.7. The molecular weight excluding hydrogens is 212 g/mol. The summed E-state index contributed by atoms with van der Waals surface area (Å²) < 4.78 is 0. The van der Waals surface area contributed by atoms with Crippen molar-refractivity contribution in [2.45, 2.75) is 6.54 Å². The molecule has 1 fully saturated rings. The third kappa shape index (κ3) is 3.12. The van der Waals surface area contributed by atoms with Gasteiger partial charge in [-0.2, -0.15) is 0 Å². The third-order valence-electron chi connectivity index (χ3n) is 2.66. The van der Waals surface area contributed by atoms with E-state index in [1.54, 1.807) is 12.4 Å². The molecule has 2 rings (SSSR count). The van der Waals surface area contributed by atoms with Crippen molar-refractivity contribution in [3.05, 3.63) is 23.2 Å². The summed E-state index contributed by atoms with van der Waals surface area (Å²) >= 11 is 5.68. The molecule has 0 N–H and O–H groups in total. The van der Waals surface area contributed by atoms with Gasteiger partial charge in [-0.15, -0.1) is 0 Å². The molecule has 82 valence electrons. The maximum Gasteiger partial charge on any atom is 0.147 e. The van der Waals surface area contributed by atoms with Crippen LogP contribution in [-0.2, 0) is 6.54 Å². The van der Waals surface area contributed by atoms with E-state index in [0.717, 1.165) is 38.4 Å². The molecule has 1 aliphatic rings. The second-order valence-electron chi connectivity index (χ2n) is 3.91. The smallest absolute Gasteiger partial charge is 0.147 e. The molecule has 1 aromatic heterocycles. The predicted molar refractivity (Wildman–Crippen MR) is 59.8 cm³/mol. The Balaban J connectivity index is 1.89. The van der Waals surface area contributed by atoms with Gasteiger partial charge in [0.2, 0.25) is 0 Å². The van der Waals surface area contributed by atoms with Gasteiger partial charge in [0.05, 0.1) is 18.1 Å². The molecule has 2 heterocycles. The number of hydrogen-bond acceptors (Lipinski definition) is 4. The van der Waals surface area contributed by atoms with Crippen molar-refractivity contribution < 1.29 is 0 Å². The van der Waals surface area contributed by atoms with Crippen LogP contribution in [0.3, 0.4) is 0 Å². The molecular formula is C10H15ClN4. The minimum Gasteiger partial charge on any atom is -0.304 e. The molecule has 0 spiro atoms. The van der Waals surface area contributed by atoms with Crippen LogP contribution in [0.4, 0.5) is 0 Å². The summed E-state index contributed by atoms with van der Waals surface area (Å²) in [6.07, 6.45) is 3.35. The van der Waals surface area contributed by atoms with Crippen molar-refractivity contribution in [2.24, 2.45) is 0 Å². The summed E-state index contributed by atoms with van der Waals surface area (Å²) in [5, 5.41) is 0.456. The Morgan fingerprint density at radius 2 is 1.93 bits per heavy atom. The van der Waals surface area contributed by atoms with Crippen molar-refractivity contribution in [1.29, 1.82) is 0 Å². The summed E-state index contributed by atoms with van der Waals surface area (Å²) in [5.41, 5.74) is 0.990. The van der Waals surface area contributed by atoms with Crippen LogP contribution < -0.4 is 0 Å². The first-order valence-corrected chi connectivity index (χ1v) is 5.49. The minimum absolute atomic E-state index is 0.456. The number of aromatic nitrogens is 2. The monoisotopic (exact) mass is 226 g/mol. The van der Waals surface area contributed by atoms with E-state index in [-0.39, 0.29) is 0 Å². The van der Waals surface area contributed by atoms with Crippen molar-refractivity contribution in [1.82, 2.24) is 19.8 Å². The zero-order valence-electron chi connectivity index (χ0n) is 8.86. The summed E-state index contributed by atoms with van der Waals surface area (Å²) in [6, 6.07) is 0. The van der Waals surface area contributed by atoms with Gasteiger partial charge in [0, 0.05) is 32.7 Å². The second kappa shape index (κ2) is 4.88. The lowest BCUT2D eigenvalue weighted by molar-refractivity contribution is 0.147. The highest BCUT2D eigenvalue weighted by Crippen LogP contribution is 2.06. The molecule has 1 aromatic rings. The fourth-order valence-corrected chi connectivity index (χ4v) is 1.75. The Hall–Kier alpha value is -0.710. The summed E-state index contributed by atoms with van der Waals surface area (Å²) in [5.74, 6) is 0. The van der Waals surface area contributed by atoms with Gasteiger partial charge in [-0.05, 0) is 7.05 Å². The number of nitrogens with zero attached hydrogens (tertiary/aromatic N) is 4. The predicted octanol–water partition coefficient (Wildman–Crippen LogP) is 0.877. The highest BCUT2D eigenvalue weighted by molar-refractivity contribution is 6.29. The molecule has 0 unspecified atom stereocenters. The summed E-state index contributed by atoms with van der Waals surface area (Å²) in [6.45, 7) is 5.32. The van der Waals surface area contributed by atoms with Gasteiger partial charge in [-0.3, -0.25) is 9.88 Å². The molecule has 1 aliphatic heterocycles. The van der Waals surface area contributed by atoms with Crippen LogP contribution in [0.5, 0.6) is 0 Å². The Kier molecular flexibility index (Phi) is 3.51. The van der Waals surface area contributed by atoms with Crippen LogP contribution in [0.25, 0.3) is 0 Å². The Labute approximate surface area is 94.9 Å². The van der Waals surface area contributed by atoms with Gasteiger partial charge in [-0.25, -0.2) is 4.98 Å². The highest BCUT2D eigenvalue weighted by Gasteiger charge is 2.14. The first-order chi connectivity index (χ1) is 7.24. The first kappa shape index (κ1) is 10.8. The largest absolute Gasteiger partial charge is 0.304 e. The molecule has 0 aliphatic carbocycles. The van der Waals surface area contributed by atoms with E-state index in [9.17, 15) is 0 Å². The van der Waals surface area contributed by atoms with Crippen LogP contribution in [-0.4, -0.2) is 53.0 Å². The van der Waals surface area contributed by atoms with Crippen LogP contribution in [0.15, 0.2) is 12.4 Å². The maximum absolute atomic E-state index is 5.68. The molecule has 0 atom stereocenters. The van der Waals surface area contributed by atoms with Crippen LogP contribution in [0.2, 0.25) is 5.15 Å². The van der Waals surface area contributed by atoms with Gasteiger partial charge in [0.15, 0.2) is 0 Å². The second-order valence-corrected chi connectivity index (χ2v) is 4.30. The quantitative estimate of drug-likeness (QED) is 0.750. The molecule has 1 saturated heterocycles. The normalized spacial score (nSPS) is 19.3. The maximum atomic E-state index is 5.68. The van der Waals surface area contributed by atoms with Gasteiger partial charge < -0.3 is 4.90 Å². The standard InChI is InChI=1S/C10H15ClN4/c1-14-2-4-15(5-3-14)8-9-6-13-10(11)7-12-9/h6-7H,2-5,8H2,1H3. The molecule has 15 heavy (non-hydrogen) atoms. The van der Waals surface area contributed by atoms with Crippen molar-refractivity contribution in [3.63, 3.8) is 0 Å². The molecule has 0 radical (unpaired) electrons. The summed E-state index contributed by atoms with van der Waals surface area (Å²) in [4.78, 5) is 13.0. The Bertz CT molecular complexity index is 306. The van der Waals surface area contributed by atoms with Crippen molar-refractivity contribution in [3.8, 4) is 0 Å². The van der Waals surface area contributed by atoms with E-state index in [2.05, 4.69) is 26.8 Å². The summed E-state index contributed by atoms with van der Waals surface area (Å²) in [7, 11) is 2.15. The van der Waals surface area contributed by atoms with Crippen LogP contribution >= 0.6 is 11.6 Å². The lowest BCUT2D eigenvalue weighted by Crippen LogP contribution is -2.44. The van der Waals surface area contributed by atoms with E-state index in [1.807, 2.05) is 0 Å². The third-order valence-corrected chi connectivity index (χ3v) is 2.85. The molecule has 0 amide bonds. The highest BCUT2D eigenvalue weighted by atomic mass is 35.5. The number of likely N-dealkylation sites (N-methyl/N-ethyl adjacent to an activating group) is 1. The lowest BCUT2D eigenvalue weighted by Gasteiger charge is -2.31. The molecule has 5 heteroatoms.